The highest BCUT2D eigenvalue weighted by atomic mass is 35.5. The van der Waals surface area contributed by atoms with Gasteiger partial charge in [-0.2, -0.15) is 0 Å². The number of benzene rings is 3. The van der Waals surface area contributed by atoms with Crippen molar-refractivity contribution < 1.29 is 18.0 Å². The molecule has 1 atom stereocenters. The minimum Gasteiger partial charge on any atom is -0.354 e. The number of carbonyl (C=O) groups excluding carboxylic acids is 2. The first-order chi connectivity index (χ1) is 18.0. The molecule has 3 aromatic rings. The maximum absolute atomic E-state index is 13.9. The molecule has 0 spiro atoms. The molecule has 9 heteroatoms. The smallest absolute Gasteiger partial charge is 0.264 e. The van der Waals surface area contributed by atoms with E-state index < -0.39 is 28.5 Å². The zero-order chi connectivity index (χ0) is 27.9. The predicted octanol–water partition coefficient (Wildman–Crippen LogP) is 5.03. The number of hydrogen-bond acceptors (Lipinski definition) is 4. The number of rotatable bonds is 11. The number of halogens is 1. The van der Waals surface area contributed by atoms with Crippen molar-refractivity contribution in [1.82, 2.24) is 10.2 Å². The first-order valence-corrected chi connectivity index (χ1v) is 14.3. The lowest BCUT2D eigenvalue weighted by Crippen LogP contribution is -2.51. The lowest BCUT2D eigenvalue weighted by atomic mass is 10.1. The van der Waals surface area contributed by atoms with Gasteiger partial charge in [-0.3, -0.25) is 13.9 Å². The third kappa shape index (κ3) is 7.58. The standard InChI is InChI=1S/C29H34ClN3O4S/c1-21(2)18-31-29(35)23(4)32(19-24-13-15-25(30)16-14-24)28(34)20-33(26-10-8-9-22(3)17-26)38(36,37)27-11-6-5-7-12-27/h5-17,21,23H,18-20H2,1-4H3,(H,31,35)/t23-/m0/s1. The van der Waals surface area contributed by atoms with Crippen LogP contribution in [0.15, 0.2) is 83.8 Å². The van der Waals surface area contributed by atoms with E-state index in [4.69, 9.17) is 11.6 Å². The SMILES string of the molecule is Cc1cccc(N(CC(=O)N(Cc2ccc(Cl)cc2)[C@@H](C)C(=O)NCC(C)C)S(=O)(=O)c2ccccc2)c1. The second-order valence-corrected chi connectivity index (χ2v) is 11.9. The second kappa shape index (κ2) is 12.9. The molecule has 0 aliphatic carbocycles. The highest BCUT2D eigenvalue weighted by molar-refractivity contribution is 7.92. The highest BCUT2D eigenvalue weighted by Crippen LogP contribution is 2.25. The quantitative estimate of drug-likeness (QED) is 0.359. The molecule has 1 N–H and O–H groups in total. The largest absolute Gasteiger partial charge is 0.354 e. The van der Waals surface area contributed by atoms with Crippen LogP contribution in [0.2, 0.25) is 5.02 Å². The molecule has 2 amide bonds. The fraction of sp³-hybridized carbons (Fsp3) is 0.310. The van der Waals surface area contributed by atoms with Gasteiger partial charge in [0.25, 0.3) is 10.0 Å². The summed E-state index contributed by atoms with van der Waals surface area (Å²) in [6.45, 7) is 7.56. The van der Waals surface area contributed by atoms with E-state index in [2.05, 4.69) is 5.32 Å². The summed E-state index contributed by atoms with van der Waals surface area (Å²) in [7, 11) is -4.08. The van der Waals surface area contributed by atoms with E-state index in [9.17, 15) is 18.0 Å². The normalized spacial score (nSPS) is 12.2. The molecule has 0 aromatic heterocycles. The Hall–Kier alpha value is -3.36. The number of nitrogens with zero attached hydrogens (tertiary/aromatic N) is 2. The van der Waals surface area contributed by atoms with Gasteiger partial charge in [0, 0.05) is 18.1 Å². The van der Waals surface area contributed by atoms with Crippen LogP contribution in [-0.2, 0) is 26.2 Å². The monoisotopic (exact) mass is 555 g/mol. The molecule has 0 fully saturated rings. The molecule has 0 saturated carbocycles. The van der Waals surface area contributed by atoms with Gasteiger partial charge in [0.2, 0.25) is 11.8 Å². The van der Waals surface area contributed by atoms with Gasteiger partial charge in [-0.05, 0) is 67.3 Å². The van der Waals surface area contributed by atoms with Crippen molar-refractivity contribution in [3.05, 3.63) is 95.0 Å². The van der Waals surface area contributed by atoms with Crippen LogP contribution in [0.3, 0.4) is 0 Å². The van der Waals surface area contributed by atoms with Crippen LogP contribution in [0.5, 0.6) is 0 Å². The van der Waals surface area contributed by atoms with Gasteiger partial charge in [0.1, 0.15) is 12.6 Å². The average molecular weight is 556 g/mol. The second-order valence-electron chi connectivity index (χ2n) is 9.63. The molecule has 0 radical (unpaired) electrons. The van der Waals surface area contributed by atoms with E-state index in [1.807, 2.05) is 26.8 Å². The molecule has 0 saturated heterocycles. The molecular weight excluding hydrogens is 522 g/mol. The molecule has 0 aliphatic rings. The molecule has 3 aromatic carbocycles. The van der Waals surface area contributed by atoms with Crippen molar-refractivity contribution in [1.29, 1.82) is 0 Å². The molecule has 38 heavy (non-hydrogen) atoms. The number of aryl methyl sites for hydroxylation is 1. The number of carbonyl (C=O) groups is 2. The minimum absolute atomic E-state index is 0.0706. The fourth-order valence-corrected chi connectivity index (χ4v) is 5.41. The molecule has 202 valence electrons. The number of anilines is 1. The number of sulfonamides is 1. The Bertz CT molecular complexity index is 1350. The summed E-state index contributed by atoms with van der Waals surface area (Å²) in [4.78, 5) is 28.3. The zero-order valence-corrected chi connectivity index (χ0v) is 23.7. The van der Waals surface area contributed by atoms with Gasteiger partial charge in [-0.25, -0.2) is 8.42 Å². The average Bonchev–Trinajstić information content (AvgIpc) is 2.89. The Morgan fingerprint density at radius 2 is 1.58 bits per heavy atom. The molecule has 0 bridgehead atoms. The topological polar surface area (TPSA) is 86.8 Å². The Labute approximate surface area is 230 Å². The van der Waals surface area contributed by atoms with Crippen molar-refractivity contribution >= 4 is 39.1 Å². The lowest BCUT2D eigenvalue weighted by Gasteiger charge is -2.32. The Kier molecular flexibility index (Phi) is 9.94. The Morgan fingerprint density at radius 3 is 2.18 bits per heavy atom. The van der Waals surface area contributed by atoms with Gasteiger partial charge >= 0.3 is 0 Å². The summed E-state index contributed by atoms with van der Waals surface area (Å²) in [5, 5.41) is 3.42. The predicted molar refractivity (Wildman–Crippen MR) is 151 cm³/mol. The molecular formula is C29H34ClN3O4S. The Morgan fingerprint density at radius 1 is 0.921 bits per heavy atom. The minimum atomic E-state index is -4.08. The van der Waals surface area contributed by atoms with Crippen molar-refractivity contribution in [3.8, 4) is 0 Å². The van der Waals surface area contributed by atoms with Gasteiger partial charge in [-0.15, -0.1) is 0 Å². The van der Waals surface area contributed by atoms with Gasteiger partial charge in [-0.1, -0.05) is 67.9 Å². The van der Waals surface area contributed by atoms with Crippen molar-refractivity contribution in [3.63, 3.8) is 0 Å². The molecule has 0 heterocycles. The first-order valence-electron chi connectivity index (χ1n) is 12.4. The van der Waals surface area contributed by atoms with E-state index in [1.165, 1.54) is 17.0 Å². The van der Waals surface area contributed by atoms with Crippen LogP contribution in [0.4, 0.5) is 5.69 Å². The van der Waals surface area contributed by atoms with Crippen molar-refractivity contribution in [2.75, 3.05) is 17.4 Å². The number of hydrogen-bond donors (Lipinski definition) is 1. The summed E-state index contributed by atoms with van der Waals surface area (Å²) in [5.74, 6) is -0.582. The number of nitrogens with one attached hydrogen (secondary N) is 1. The van der Waals surface area contributed by atoms with Crippen LogP contribution in [0.25, 0.3) is 0 Å². The van der Waals surface area contributed by atoms with Crippen LogP contribution >= 0.6 is 11.6 Å². The van der Waals surface area contributed by atoms with Gasteiger partial charge in [0.15, 0.2) is 0 Å². The lowest BCUT2D eigenvalue weighted by molar-refractivity contribution is -0.139. The van der Waals surface area contributed by atoms with Crippen LogP contribution in [-0.4, -0.2) is 44.3 Å². The molecule has 7 nitrogen and oxygen atoms in total. The Balaban J connectivity index is 1.99. The molecule has 0 unspecified atom stereocenters. The molecule has 3 rings (SSSR count). The third-order valence-electron chi connectivity index (χ3n) is 6.02. The first kappa shape index (κ1) is 29.2. The summed E-state index contributed by atoms with van der Waals surface area (Å²) < 4.78 is 28.6. The van der Waals surface area contributed by atoms with E-state index in [-0.39, 0.29) is 23.3 Å². The third-order valence-corrected chi connectivity index (χ3v) is 8.06. The summed E-state index contributed by atoms with van der Waals surface area (Å²) >= 11 is 6.03. The highest BCUT2D eigenvalue weighted by Gasteiger charge is 2.32. The summed E-state index contributed by atoms with van der Waals surface area (Å²) in [6, 6.07) is 21.1. The van der Waals surface area contributed by atoms with E-state index in [0.29, 0.717) is 17.3 Å². The van der Waals surface area contributed by atoms with Gasteiger partial charge in [0.05, 0.1) is 10.6 Å². The van der Waals surface area contributed by atoms with Crippen LogP contribution in [0, 0.1) is 12.8 Å². The van der Waals surface area contributed by atoms with E-state index in [0.717, 1.165) is 15.4 Å². The van der Waals surface area contributed by atoms with E-state index in [1.54, 1.807) is 67.6 Å². The summed E-state index contributed by atoms with van der Waals surface area (Å²) in [6.07, 6.45) is 0. The van der Waals surface area contributed by atoms with E-state index >= 15 is 0 Å². The van der Waals surface area contributed by atoms with Crippen molar-refractivity contribution in [2.45, 2.75) is 45.2 Å². The number of amides is 2. The van der Waals surface area contributed by atoms with Crippen LogP contribution < -0.4 is 9.62 Å². The van der Waals surface area contributed by atoms with Crippen LogP contribution in [0.1, 0.15) is 31.9 Å². The maximum Gasteiger partial charge on any atom is 0.264 e. The summed E-state index contributed by atoms with van der Waals surface area (Å²) in [5.41, 5.74) is 1.98. The zero-order valence-electron chi connectivity index (χ0n) is 22.1. The maximum atomic E-state index is 13.9. The molecule has 0 aliphatic heterocycles. The van der Waals surface area contributed by atoms with Crippen molar-refractivity contribution in [2.24, 2.45) is 5.92 Å². The fourth-order valence-electron chi connectivity index (χ4n) is 3.85. The van der Waals surface area contributed by atoms with Gasteiger partial charge < -0.3 is 10.2 Å².